The summed E-state index contributed by atoms with van der Waals surface area (Å²) >= 11 is 8.94. The van der Waals surface area contributed by atoms with Gasteiger partial charge < -0.3 is 4.55 Å². The van der Waals surface area contributed by atoms with E-state index >= 15 is 0 Å². The number of halogens is 2. The van der Waals surface area contributed by atoms with Crippen molar-refractivity contribution in [3.8, 4) is 6.19 Å². The Balaban J connectivity index is 2.97. The summed E-state index contributed by atoms with van der Waals surface area (Å²) in [5.41, 5.74) is 0.767. The van der Waals surface area contributed by atoms with Crippen LogP contribution in [0.3, 0.4) is 0 Å². The predicted octanol–water partition coefficient (Wildman–Crippen LogP) is 2.05. The standard InChI is InChI=1S/C8H7BrClN3OS/c1-15(14)13(5-11)4-6-2-7(9)8(10)12-3-6/h2-3H,4H2,1H3. The Kier molecular flexibility index (Phi) is 4.67. The molecule has 1 rings (SSSR count). The van der Waals surface area contributed by atoms with Crippen LogP contribution in [0.2, 0.25) is 5.15 Å². The van der Waals surface area contributed by atoms with Crippen molar-refractivity contribution in [3.05, 3.63) is 27.5 Å². The maximum atomic E-state index is 11.1. The van der Waals surface area contributed by atoms with Crippen LogP contribution in [-0.2, 0) is 17.5 Å². The van der Waals surface area contributed by atoms with Gasteiger partial charge in [-0.15, -0.1) is 11.0 Å². The minimum atomic E-state index is -1.32. The van der Waals surface area contributed by atoms with Crippen molar-refractivity contribution in [2.75, 3.05) is 6.26 Å². The molecule has 1 unspecified atom stereocenters. The lowest BCUT2D eigenvalue weighted by Crippen LogP contribution is -2.09. The number of rotatable bonds is 2. The average molecular weight is 309 g/mol. The van der Waals surface area contributed by atoms with Crippen LogP contribution < -0.4 is 0 Å². The number of hydrogen-bond donors (Lipinski definition) is 0. The minimum absolute atomic E-state index is 0.252. The summed E-state index contributed by atoms with van der Waals surface area (Å²) in [4.78, 5) is 3.91. The number of nitriles is 1. The van der Waals surface area contributed by atoms with E-state index in [1.165, 1.54) is 6.26 Å². The van der Waals surface area contributed by atoms with Crippen LogP contribution >= 0.6 is 27.5 Å². The zero-order chi connectivity index (χ0) is 11.4. The van der Waals surface area contributed by atoms with Gasteiger partial charge in [-0.3, -0.25) is 0 Å². The van der Waals surface area contributed by atoms with E-state index in [1.807, 2.05) is 6.19 Å². The summed E-state index contributed by atoms with van der Waals surface area (Å²) in [7, 11) is -1.32. The van der Waals surface area contributed by atoms with Gasteiger partial charge in [-0.1, -0.05) is 11.6 Å². The summed E-state index contributed by atoms with van der Waals surface area (Å²) in [6.07, 6.45) is 4.83. The first-order valence-corrected chi connectivity index (χ1v) is 6.54. The third-order valence-electron chi connectivity index (χ3n) is 1.60. The van der Waals surface area contributed by atoms with Crippen LogP contribution in [0.1, 0.15) is 5.56 Å². The number of nitrogens with zero attached hydrogens (tertiary/aromatic N) is 3. The fourth-order valence-corrected chi connectivity index (χ4v) is 1.84. The molecule has 4 nitrogen and oxygen atoms in total. The second kappa shape index (κ2) is 5.56. The van der Waals surface area contributed by atoms with Crippen molar-refractivity contribution < 1.29 is 8.50 Å². The Labute approximate surface area is 104 Å². The maximum Gasteiger partial charge on any atom is 0.464 e. The Morgan fingerprint density at radius 2 is 2.47 bits per heavy atom. The molecule has 15 heavy (non-hydrogen) atoms. The van der Waals surface area contributed by atoms with Gasteiger partial charge in [0.15, 0.2) is 5.26 Å². The van der Waals surface area contributed by atoms with Gasteiger partial charge in [0, 0.05) is 11.8 Å². The molecule has 0 bridgehead atoms. The van der Waals surface area contributed by atoms with E-state index in [0.717, 1.165) is 9.51 Å². The molecule has 0 radical (unpaired) electrons. The molecule has 1 heterocycles. The van der Waals surface area contributed by atoms with Crippen LogP contribution in [0.4, 0.5) is 0 Å². The molecule has 0 spiro atoms. The van der Waals surface area contributed by atoms with Gasteiger partial charge in [0.05, 0.1) is 4.47 Å². The first kappa shape index (κ1) is 12.6. The van der Waals surface area contributed by atoms with E-state index in [2.05, 4.69) is 20.9 Å². The zero-order valence-corrected chi connectivity index (χ0v) is 10.9. The first-order chi connectivity index (χ1) is 7.04. The summed E-state index contributed by atoms with van der Waals surface area (Å²) < 4.78 is 12.9. The summed E-state index contributed by atoms with van der Waals surface area (Å²) in [6.45, 7) is 0.252. The Bertz CT molecular complexity index is 454. The quantitative estimate of drug-likeness (QED) is 0.363. The van der Waals surface area contributed by atoms with E-state index < -0.39 is 11.0 Å². The van der Waals surface area contributed by atoms with Crippen LogP contribution in [0, 0.1) is 11.5 Å². The van der Waals surface area contributed by atoms with Crippen LogP contribution in [-0.4, -0.2) is 19.7 Å². The van der Waals surface area contributed by atoms with Crippen molar-refractivity contribution in [1.82, 2.24) is 4.98 Å². The number of pyridine rings is 1. The topological polar surface area (TPSA) is 62.8 Å². The molecule has 0 aliphatic rings. The molecule has 1 atom stereocenters. The molecule has 7 heteroatoms. The maximum absolute atomic E-state index is 11.1. The Morgan fingerprint density at radius 3 is 2.93 bits per heavy atom. The van der Waals surface area contributed by atoms with Gasteiger partial charge in [-0.05, 0) is 28.3 Å². The fraction of sp³-hybridized carbons (Fsp3) is 0.250. The highest BCUT2D eigenvalue weighted by atomic mass is 79.9. The highest BCUT2D eigenvalue weighted by Crippen LogP contribution is 2.20. The molecule has 0 amide bonds. The van der Waals surface area contributed by atoms with Crippen molar-refractivity contribution in [3.63, 3.8) is 0 Å². The Hall–Kier alpha value is -0.480. The lowest BCUT2D eigenvalue weighted by Gasteiger charge is -2.06. The van der Waals surface area contributed by atoms with Crippen molar-refractivity contribution >= 4 is 38.5 Å². The summed E-state index contributed by atoms with van der Waals surface area (Å²) in [5, 5.41) is 9.07. The van der Waals surface area contributed by atoms with E-state index in [1.54, 1.807) is 12.3 Å². The number of hydrogen-bond acceptors (Lipinski definition) is 3. The molecule has 0 fully saturated rings. The van der Waals surface area contributed by atoms with Gasteiger partial charge in [0.1, 0.15) is 11.7 Å². The second-order valence-corrected chi connectivity index (χ2v) is 5.18. The molecule has 0 aromatic carbocycles. The fourth-order valence-electron chi connectivity index (χ4n) is 0.897. The molecule has 0 saturated carbocycles. The molecule has 80 valence electrons. The smallest absolute Gasteiger partial charge is 0.464 e. The largest absolute Gasteiger partial charge is 0.772 e. The third kappa shape index (κ3) is 3.54. The minimum Gasteiger partial charge on any atom is -0.772 e. The highest BCUT2D eigenvalue weighted by molar-refractivity contribution is 9.10. The van der Waals surface area contributed by atoms with Crippen molar-refractivity contribution in [2.24, 2.45) is 0 Å². The van der Waals surface area contributed by atoms with Crippen LogP contribution in [0.25, 0.3) is 0 Å². The average Bonchev–Trinajstić information content (AvgIpc) is 2.19. The molecule has 0 N–H and O–H groups in total. The normalized spacial score (nSPS) is 13.1. The number of aromatic nitrogens is 1. The van der Waals surface area contributed by atoms with Gasteiger partial charge >= 0.3 is 6.19 Å². The van der Waals surface area contributed by atoms with Crippen LogP contribution in [0.15, 0.2) is 16.7 Å². The molecular formula is C8H7BrClN3OS. The molecule has 1 aromatic heterocycles. The van der Waals surface area contributed by atoms with E-state index in [0.29, 0.717) is 9.63 Å². The SMILES string of the molecule is CS([O-])=[N+](C#N)Cc1cnc(Cl)c(Br)c1. The van der Waals surface area contributed by atoms with E-state index in [9.17, 15) is 4.55 Å². The zero-order valence-electron chi connectivity index (χ0n) is 7.78. The monoisotopic (exact) mass is 307 g/mol. The molecular weight excluding hydrogens is 302 g/mol. The molecule has 0 aliphatic heterocycles. The summed E-state index contributed by atoms with van der Waals surface area (Å²) in [5.74, 6) is 0. The lowest BCUT2D eigenvalue weighted by atomic mass is 10.3. The summed E-state index contributed by atoms with van der Waals surface area (Å²) in [6, 6.07) is 1.74. The van der Waals surface area contributed by atoms with Crippen molar-refractivity contribution in [2.45, 2.75) is 6.54 Å². The molecule has 0 aliphatic carbocycles. The van der Waals surface area contributed by atoms with E-state index in [-0.39, 0.29) is 6.54 Å². The molecule has 0 saturated heterocycles. The van der Waals surface area contributed by atoms with E-state index in [4.69, 9.17) is 16.9 Å². The Morgan fingerprint density at radius 1 is 1.80 bits per heavy atom. The molecule has 1 aromatic rings. The second-order valence-electron chi connectivity index (χ2n) is 2.68. The van der Waals surface area contributed by atoms with Crippen molar-refractivity contribution in [1.29, 1.82) is 5.26 Å². The third-order valence-corrected chi connectivity index (χ3v) is 3.57. The lowest BCUT2D eigenvalue weighted by molar-refractivity contribution is -0.433. The van der Waals surface area contributed by atoms with Gasteiger partial charge in [-0.2, -0.15) is 3.95 Å². The predicted molar refractivity (Wildman–Crippen MR) is 60.6 cm³/mol. The first-order valence-electron chi connectivity index (χ1n) is 3.85. The van der Waals surface area contributed by atoms with Gasteiger partial charge in [0.2, 0.25) is 0 Å². The van der Waals surface area contributed by atoms with Crippen LogP contribution in [0.5, 0.6) is 0 Å². The van der Waals surface area contributed by atoms with Gasteiger partial charge in [-0.25, -0.2) is 4.98 Å². The van der Waals surface area contributed by atoms with Gasteiger partial charge in [0.25, 0.3) is 0 Å². The highest BCUT2D eigenvalue weighted by Gasteiger charge is 2.05.